The van der Waals surface area contributed by atoms with Gasteiger partial charge in [-0.15, -0.1) is 0 Å². The summed E-state index contributed by atoms with van der Waals surface area (Å²) < 4.78 is 2.36. The lowest BCUT2D eigenvalue weighted by Gasteiger charge is -2.27. The molecule has 1 aliphatic heterocycles. The number of hydrogen-bond acceptors (Lipinski definition) is 4. The first-order valence-corrected chi connectivity index (χ1v) is 8.16. The Morgan fingerprint density at radius 2 is 1.95 bits per heavy atom. The maximum atomic E-state index is 5.24. The predicted octanol–water partition coefficient (Wildman–Crippen LogP) is 3.00. The van der Waals surface area contributed by atoms with Crippen LogP contribution in [0, 0.1) is 4.77 Å². The summed E-state index contributed by atoms with van der Waals surface area (Å²) in [5.74, 6) is 0.893. The van der Waals surface area contributed by atoms with Crippen LogP contribution in [0.15, 0.2) is 35.4 Å². The highest BCUT2D eigenvalue weighted by Gasteiger charge is 2.16. The topological polar surface area (TPSA) is 49.2 Å². The van der Waals surface area contributed by atoms with E-state index >= 15 is 0 Å². The summed E-state index contributed by atoms with van der Waals surface area (Å²) in [5, 5.41) is 11.7. The molecule has 116 valence electrons. The average molecular weight is 315 g/mol. The number of nitrogens with zero attached hydrogens (tertiary/aromatic N) is 4. The van der Waals surface area contributed by atoms with Gasteiger partial charge in [-0.2, -0.15) is 14.9 Å². The van der Waals surface area contributed by atoms with E-state index in [0.29, 0.717) is 4.77 Å². The minimum atomic E-state index is 0.580. The van der Waals surface area contributed by atoms with Gasteiger partial charge in [0, 0.05) is 44.6 Å². The van der Waals surface area contributed by atoms with Crippen molar-refractivity contribution >= 4 is 17.9 Å². The second-order valence-electron chi connectivity index (χ2n) is 5.54. The van der Waals surface area contributed by atoms with Crippen LogP contribution in [-0.4, -0.2) is 38.6 Å². The van der Waals surface area contributed by atoms with E-state index in [1.54, 1.807) is 4.68 Å². The molecule has 1 aliphatic rings. The molecule has 3 rings (SSSR count). The van der Waals surface area contributed by atoms with Crippen molar-refractivity contribution in [3.8, 4) is 0 Å². The molecule has 6 heteroatoms. The van der Waals surface area contributed by atoms with Gasteiger partial charge in [-0.25, -0.2) is 0 Å². The van der Waals surface area contributed by atoms with Gasteiger partial charge < -0.3 is 0 Å². The quantitative estimate of drug-likeness (QED) is 0.882. The monoisotopic (exact) mass is 315 g/mol. The van der Waals surface area contributed by atoms with Crippen molar-refractivity contribution in [1.82, 2.24) is 19.8 Å². The SMILES string of the molecule is CCc1n[nH]c(=S)n1N=C1CCN(Cc2ccccc2)CC1. The fourth-order valence-electron chi connectivity index (χ4n) is 2.71. The van der Waals surface area contributed by atoms with E-state index in [0.717, 1.165) is 44.7 Å². The molecule has 1 aromatic carbocycles. The van der Waals surface area contributed by atoms with Gasteiger partial charge in [-0.3, -0.25) is 10.00 Å². The largest absolute Gasteiger partial charge is 0.298 e. The van der Waals surface area contributed by atoms with E-state index in [4.69, 9.17) is 17.3 Å². The summed E-state index contributed by atoms with van der Waals surface area (Å²) in [5.41, 5.74) is 2.57. The third-order valence-electron chi connectivity index (χ3n) is 3.96. The number of likely N-dealkylation sites (tertiary alicyclic amines) is 1. The molecule has 1 saturated heterocycles. The van der Waals surface area contributed by atoms with Gasteiger partial charge in [-0.1, -0.05) is 37.3 Å². The van der Waals surface area contributed by atoms with Crippen LogP contribution in [0.5, 0.6) is 0 Å². The van der Waals surface area contributed by atoms with E-state index in [2.05, 4.69) is 52.4 Å². The summed E-state index contributed by atoms with van der Waals surface area (Å²) in [4.78, 5) is 2.48. The van der Waals surface area contributed by atoms with Crippen LogP contribution >= 0.6 is 12.2 Å². The lowest BCUT2D eigenvalue weighted by atomic mass is 10.1. The van der Waals surface area contributed by atoms with E-state index in [1.807, 2.05) is 0 Å². The van der Waals surface area contributed by atoms with Gasteiger partial charge in [0.2, 0.25) is 4.77 Å². The Morgan fingerprint density at radius 1 is 1.23 bits per heavy atom. The first-order valence-electron chi connectivity index (χ1n) is 7.75. The third kappa shape index (κ3) is 3.51. The minimum absolute atomic E-state index is 0.580. The molecule has 0 aliphatic carbocycles. The molecule has 0 spiro atoms. The van der Waals surface area contributed by atoms with E-state index in [1.165, 1.54) is 11.3 Å². The van der Waals surface area contributed by atoms with Crippen molar-refractivity contribution in [2.24, 2.45) is 5.10 Å². The molecule has 1 aromatic heterocycles. The van der Waals surface area contributed by atoms with Crippen molar-refractivity contribution in [2.45, 2.75) is 32.7 Å². The Kier molecular flexibility index (Phi) is 4.80. The number of hydrogen-bond donors (Lipinski definition) is 1. The van der Waals surface area contributed by atoms with Crippen LogP contribution in [0.2, 0.25) is 0 Å². The highest BCUT2D eigenvalue weighted by molar-refractivity contribution is 7.71. The molecule has 0 saturated carbocycles. The van der Waals surface area contributed by atoms with Crippen LogP contribution in [0.1, 0.15) is 31.2 Å². The summed E-state index contributed by atoms with van der Waals surface area (Å²) in [6.45, 7) is 5.16. The number of piperidine rings is 1. The predicted molar refractivity (Wildman–Crippen MR) is 90.6 cm³/mol. The molecule has 0 amide bonds. The van der Waals surface area contributed by atoms with Gasteiger partial charge in [-0.05, 0) is 17.8 Å². The highest BCUT2D eigenvalue weighted by Crippen LogP contribution is 2.13. The molecule has 0 radical (unpaired) electrons. The third-order valence-corrected chi connectivity index (χ3v) is 4.22. The number of rotatable bonds is 4. The molecule has 0 bridgehead atoms. The summed E-state index contributed by atoms with van der Waals surface area (Å²) >= 11 is 5.24. The fraction of sp³-hybridized carbons (Fsp3) is 0.438. The zero-order valence-corrected chi connectivity index (χ0v) is 13.6. The molecule has 0 unspecified atom stereocenters. The average Bonchev–Trinajstić information content (AvgIpc) is 2.90. The van der Waals surface area contributed by atoms with E-state index in [9.17, 15) is 0 Å². The second-order valence-corrected chi connectivity index (χ2v) is 5.93. The van der Waals surface area contributed by atoms with Crippen molar-refractivity contribution < 1.29 is 0 Å². The number of H-pyrrole nitrogens is 1. The molecule has 5 nitrogen and oxygen atoms in total. The van der Waals surface area contributed by atoms with Crippen LogP contribution < -0.4 is 0 Å². The number of aromatic amines is 1. The van der Waals surface area contributed by atoms with Gasteiger partial charge >= 0.3 is 0 Å². The molecule has 0 atom stereocenters. The molecule has 1 N–H and O–H groups in total. The van der Waals surface area contributed by atoms with Crippen molar-refractivity contribution in [1.29, 1.82) is 0 Å². The number of benzene rings is 1. The maximum Gasteiger partial charge on any atom is 0.216 e. The molecular weight excluding hydrogens is 294 g/mol. The Bertz CT molecular complexity index is 691. The van der Waals surface area contributed by atoms with Gasteiger partial charge in [0.15, 0.2) is 5.82 Å². The number of aryl methyl sites for hydroxylation is 1. The van der Waals surface area contributed by atoms with Gasteiger partial charge in [0.05, 0.1) is 0 Å². The summed E-state index contributed by atoms with van der Waals surface area (Å²) in [7, 11) is 0. The first-order chi connectivity index (χ1) is 10.8. The van der Waals surface area contributed by atoms with Crippen LogP contribution in [0.3, 0.4) is 0 Å². The molecular formula is C16H21N5S. The fourth-order valence-corrected chi connectivity index (χ4v) is 2.90. The molecule has 1 fully saturated rings. The second kappa shape index (κ2) is 6.98. The Balaban J connectivity index is 1.63. The van der Waals surface area contributed by atoms with E-state index in [-0.39, 0.29) is 0 Å². The van der Waals surface area contributed by atoms with Crippen molar-refractivity contribution in [2.75, 3.05) is 13.1 Å². The van der Waals surface area contributed by atoms with Crippen LogP contribution in [0.25, 0.3) is 0 Å². The lowest BCUT2D eigenvalue weighted by Crippen LogP contribution is -2.33. The maximum absolute atomic E-state index is 5.24. The van der Waals surface area contributed by atoms with Crippen LogP contribution in [0.4, 0.5) is 0 Å². The van der Waals surface area contributed by atoms with Gasteiger partial charge in [0.25, 0.3) is 0 Å². The zero-order chi connectivity index (χ0) is 15.4. The molecule has 22 heavy (non-hydrogen) atoms. The van der Waals surface area contributed by atoms with Crippen molar-refractivity contribution in [3.05, 3.63) is 46.5 Å². The Morgan fingerprint density at radius 3 is 2.64 bits per heavy atom. The lowest BCUT2D eigenvalue weighted by molar-refractivity contribution is 0.266. The molecule has 2 aromatic rings. The normalized spacial score (nSPS) is 16.0. The number of aromatic nitrogens is 3. The first kappa shape index (κ1) is 15.1. The Labute approximate surface area is 135 Å². The summed E-state index contributed by atoms with van der Waals surface area (Å²) in [6, 6.07) is 10.6. The highest BCUT2D eigenvalue weighted by atomic mass is 32.1. The Hall–Kier alpha value is -1.79. The minimum Gasteiger partial charge on any atom is -0.298 e. The van der Waals surface area contributed by atoms with Crippen molar-refractivity contribution in [3.63, 3.8) is 0 Å². The number of nitrogens with one attached hydrogen (secondary N) is 1. The standard InChI is InChI=1S/C16H21N5S/c1-2-15-17-18-16(22)21(15)19-14-8-10-20(11-9-14)12-13-6-4-3-5-7-13/h3-7H,2,8-12H2,1H3,(H,18,22). The summed E-state index contributed by atoms with van der Waals surface area (Å²) in [6.07, 6.45) is 2.80. The van der Waals surface area contributed by atoms with Crippen LogP contribution in [-0.2, 0) is 13.0 Å². The molecule has 2 heterocycles. The smallest absolute Gasteiger partial charge is 0.216 e. The van der Waals surface area contributed by atoms with Gasteiger partial charge in [0.1, 0.15) is 0 Å². The zero-order valence-electron chi connectivity index (χ0n) is 12.8. The van der Waals surface area contributed by atoms with E-state index < -0.39 is 0 Å².